The number of aryl methyl sites for hydroxylation is 2. The van der Waals surface area contributed by atoms with Crippen LogP contribution in [0, 0.1) is 19.7 Å². The molecule has 0 unspecified atom stereocenters. The molecule has 0 aliphatic rings. The number of carbonyl (C=O) groups is 2. The van der Waals surface area contributed by atoms with E-state index in [-0.39, 0.29) is 18.3 Å². The predicted octanol–water partition coefficient (Wildman–Crippen LogP) is 2.88. The second kappa shape index (κ2) is 8.10. The zero-order valence-corrected chi connectivity index (χ0v) is 13.7. The number of carbonyl (C=O) groups excluding carboxylic acids is 2. The number of amides is 3. The van der Waals surface area contributed by atoms with E-state index in [0.717, 1.165) is 11.1 Å². The van der Waals surface area contributed by atoms with Crippen LogP contribution in [0.1, 0.15) is 16.7 Å². The van der Waals surface area contributed by atoms with Crippen LogP contribution in [0.25, 0.3) is 0 Å². The van der Waals surface area contributed by atoms with Crippen LogP contribution >= 0.6 is 0 Å². The Kier molecular flexibility index (Phi) is 5.89. The van der Waals surface area contributed by atoms with Gasteiger partial charge in [-0.3, -0.25) is 4.79 Å². The zero-order chi connectivity index (χ0) is 17.5. The first-order valence-electron chi connectivity index (χ1n) is 7.57. The third-order valence-electron chi connectivity index (χ3n) is 3.45. The van der Waals surface area contributed by atoms with E-state index in [1.807, 2.05) is 31.2 Å². The highest BCUT2D eigenvalue weighted by Crippen LogP contribution is 2.15. The number of anilines is 1. The highest BCUT2D eigenvalue weighted by molar-refractivity contribution is 5.94. The van der Waals surface area contributed by atoms with Crippen LogP contribution in [0.3, 0.4) is 0 Å². The van der Waals surface area contributed by atoms with Gasteiger partial charge in [0.2, 0.25) is 5.91 Å². The normalized spacial score (nSPS) is 10.1. The molecule has 2 aromatic rings. The Morgan fingerprint density at radius 1 is 1.00 bits per heavy atom. The molecule has 0 aromatic heterocycles. The van der Waals surface area contributed by atoms with Crippen LogP contribution < -0.4 is 16.0 Å². The average Bonchev–Trinajstić information content (AvgIpc) is 2.55. The monoisotopic (exact) mass is 329 g/mol. The molecule has 0 bridgehead atoms. The molecule has 3 N–H and O–H groups in total. The van der Waals surface area contributed by atoms with Gasteiger partial charge in [0.15, 0.2) is 0 Å². The largest absolute Gasteiger partial charge is 0.334 e. The van der Waals surface area contributed by atoms with Crippen molar-refractivity contribution in [3.05, 3.63) is 65.0 Å². The number of rotatable bonds is 5. The van der Waals surface area contributed by atoms with Crippen LogP contribution in [-0.2, 0) is 11.3 Å². The Labute approximate surface area is 140 Å². The summed E-state index contributed by atoms with van der Waals surface area (Å²) in [6.07, 6.45) is 0. The van der Waals surface area contributed by atoms with Gasteiger partial charge in [0.1, 0.15) is 5.82 Å². The van der Waals surface area contributed by atoms with Gasteiger partial charge in [-0.05, 0) is 43.2 Å². The molecule has 0 saturated heterocycles. The van der Waals surface area contributed by atoms with Crippen molar-refractivity contribution in [2.24, 2.45) is 0 Å². The maximum Gasteiger partial charge on any atom is 0.315 e. The standard InChI is InChI=1S/C18H20FN3O2/c1-12-3-5-14(6-4-12)10-20-18(24)21-11-17(23)22-16-8-7-15(19)9-13(16)2/h3-9H,10-11H2,1-2H3,(H,22,23)(H2,20,21,24). The molecule has 0 radical (unpaired) electrons. The average molecular weight is 329 g/mol. The van der Waals surface area contributed by atoms with Crippen molar-refractivity contribution >= 4 is 17.6 Å². The van der Waals surface area contributed by atoms with Gasteiger partial charge in [0, 0.05) is 12.2 Å². The molecule has 3 amide bonds. The molecule has 2 rings (SSSR count). The lowest BCUT2D eigenvalue weighted by Crippen LogP contribution is -2.39. The Bertz CT molecular complexity index is 730. The quantitative estimate of drug-likeness (QED) is 0.789. The lowest BCUT2D eigenvalue weighted by molar-refractivity contribution is -0.115. The molecular weight excluding hydrogens is 309 g/mol. The highest BCUT2D eigenvalue weighted by atomic mass is 19.1. The lowest BCUT2D eigenvalue weighted by atomic mass is 10.1. The summed E-state index contributed by atoms with van der Waals surface area (Å²) < 4.78 is 13.0. The first-order valence-corrected chi connectivity index (χ1v) is 7.57. The molecule has 0 aliphatic heterocycles. The van der Waals surface area contributed by atoms with Crippen molar-refractivity contribution in [1.29, 1.82) is 0 Å². The van der Waals surface area contributed by atoms with Gasteiger partial charge in [-0.15, -0.1) is 0 Å². The van der Waals surface area contributed by atoms with E-state index in [1.54, 1.807) is 6.92 Å². The molecule has 0 saturated carbocycles. The minimum absolute atomic E-state index is 0.170. The molecule has 0 spiro atoms. The van der Waals surface area contributed by atoms with Gasteiger partial charge in [0.25, 0.3) is 0 Å². The molecular formula is C18H20FN3O2. The summed E-state index contributed by atoms with van der Waals surface area (Å²) in [5.74, 6) is -0.741. The van der Waals surface area contributed by atoms with Crippen molar-refractivity contribution in [3.8, 4) is 0 Å². The van der Waals surface area contributed by atoms with E-state index in [2.05, 4.69) is 16.0 Å². The minimum Gasteiger partial charge on any atom is -0.334 e. The van der Waals surface area contributed by atoms with E-state index >= 15 is 0 Å². The first-order chi connectivity index (χ1) is 11.4. The van der Waals surface area contributed by atoms with E-state index < -0.39 is 6.03 Å². The van der Waals surface area contributed by atoms with E-state index in [0.29, 0.717) is 17.8 Å². The number of benzene rings is 2. The third-order valence-corrected chi connectivity index (χ3v) is 3.45. The topological polar surface area (TPSA) is 70.2 Å². The number of urea groups is 1. The van der Waals surface area contributed by atoms with E-state index in [1.165, 1.54) is 18.2 Å². The van der Waals surface area contributed by atoms with Crippen LogP contribution in [-0.4, -0.2) is 18.5 Å². The van der Waals surface area contributed by atoms with Crippen LogP contribution in [0.4, 0.5) is 14.9 Å². The molecule has 24 heavy (non-hydrogen) atoms. The lowest BCUT2D eigenvalue weighted by Gasteiger charge is -2.10. The smallest absolute Gasteiger partial charge is 0.315 e. The summed E-state index contributed by atoms with van der Waals surface area (Å²) in [7, 11) is 0. The molecule has 5 nitrogen and oxygen atoms in total. The third kappa shape index (κ3) is 5.39. The Hall–Kier alpha value is -2.89. The highest BCUT2D eigenvalue weighted by Gasteiger charge is 2.07. The number of hydrogen-bond donors (Lipinski definition) is 3. The fourth-order valence-corrected chi connectivity index (χ4v) is 2.07. The van der Waals surface area contributed by atoms with Crippen molar-refractivity contribution in [3.63, 3.8) is 0 Å². The number of nitrogens with one attached hydrogen (secondary N) is 3. The number of halogens is 1. The summed E-state index contributed by atoms with van der Waals surface area (Å²) in [6.45, 7) is 3.90. The van der Waals surface area contributed by atoms with Gasteiger partial charge in [0.05, 0.1) is 6.54 Å². The van der Waals surface area contributed by atoms with Crippen molar-refractivity contribution in [1.82, 2.24) is 10.6 Å². The molecule has 126 valence electrons. The van der Waals surface area contributed by atoms with Crippen LogP contribution in [0.2, 0.25) is 0 Å². The Balaban J connectivity index is 1.74. The minimum atomic E-state index is -0.429. The summed E-state index contributed by atoms with van der Waals surface area (Å²) in [5.41, 5.74) is 3.26. The Morgan fingerprint density at radius 3 is 2.38 bits per heavy atom. The van der Waals surface area contributed by atoms with E-state index in [9.17, 15) is 14.0 Å². The van der Waals surface area contributed by atoms with Crippen LogP contribution in [0.15, 0.2) is 42.5 Å². The van der Waals surface area contributed by atoms with Crippen LogP contribution in [0.5, 0.6) is 0 Å². The fraction of sp³-hybridized carbons (Fsp3) is 0.222. The number of hydrogen-bond acceptors (Lipinski definition) is 2. The summed E-state index contributed by atoms with van der Waals surface area (Å²) in [4.78, 5) is 23.5. The second-order valence-electron chi connectivity index (χ2n) is 5.53. The molecule has 0 aliphatic carbocycles. The first kappa shape index (κ1) is 17.5. The molecule has 0 heterocycles. The van der Waals surface area contributed by atoms with Gasteiger partial charge in [-0.25, -0.2) is 9.18 Å². The van der Waals surface area contributed by atoms with Gasteiger partial charge in [-0.2, -0.15) is 0 Å². The Morgan fingerprint density at radius 2 is 1.71 bits per heavy atom. The summed E-state index contributed by atoms with van der Waals surface area (Å²) in [5, 5.41) is 7.78. The maximum atomic E-state index is 13.0. The summed E-state index contributed by atoms with van der Waals surface area (Å²) in [6, 6.07) is 11.4. The maximum absolute atomic E-state index is 13.0. The van der Waals surface area contributed by atoms with E-state index in [4.69, 9.17) is 0 Å². The molecule has 2 aromatic carbocycles. The summed E-state index contributed by atoms with van der Waals surface area (Å²) >= 11 is 0. The zero-order valence-electron chi connectivity index (χ0n) is 13.7. The predicted molar refractivity (Wildman–Crippen MR) is 91.2 cm³/mol. The van der Waals surface area contributed by atoms with Crippen molar-refractivity contribution in [2.45, 2.75) is 20.4 Å². The molecule has 0 atom stereocenters. The van der Waals surface area contributed by atoms with Crippen molar-refractivity contribution in [2.75, 3.05) is 11.9 Å². The van der Waals surface area contributed by atoms with Gasteiger partial charge < -0.3 is 16.0 Å². The second-order valence-corrected chi connectivity index (χ2v) is 5.53. The fourth-order valence-electron chi connectivity index (χ4n) is 2.07. The van der Waals surface area contributed by atoms with Gasteiger partial charge in [-0.1, -0.05) is 29.8 Å². The molecule has 6 heteroatoms. The van der Waals surface area contributed by atoms with Gasteiger partial charge >= 0.3 is 6.03 Å². The van der Waals surface area contributed by atoms with Crippen molar-refractivity contribution < 1.29 is 14.0 Å². The molecule has 0 fully saturated rings. The SMILES string of the molecule is Cc1ccc(CNC(=O)NCC(=O)Nc2ccc(F)cc2C)cc1.